The summed E-state index contributed by atoms with van der Waals surface area (Å²) in [4.78, 5) is 22.3. The van der Waals surface area contributed by atoms with Gasteiger partial charge in [-0.3, -0.25) is 4.79 Å². The summed E-state index contributed by atoms with van der Waals surface area (Å²) >= 11 is 12.4. The molecule has 2 aromatic heterocycles. The lowest BCUT2D eigenvalue weighted by Gasteiger charge is -2.16. The predicted octanol–water partition coefficient (Wildman–Crippen LogP) is 4.40. The van der Waals surface area contributed by atoms with Crippen LogP contribution in [0.2, 0.25) is 10.0 Å². The fourth-order valence-electron chi connectivity index (χ4n) is 3.25. The lowest BCUT2D eigenvalue weighted by molar-refractivity contribution is 0.0947. The summed E-state index contributed by atoms with van der Waals surface area (Å²) in [7, 11) is 0. The van der Waals surface area contributed by atoms with Gasteiger partial charge in [0.15, 0.2) is 0 Å². The number of H-pyrrole nitrogens is 1. The molecular weight excluding hydrogens is 371 g/mol. The quantitative estimate of drug-likeness (QED) is 0.695. The van der Waals surface area contributed by atoms with E-state index in [0.717, 1.165) is 35.4 Å². The molecular formula is C19H18Cl2N4O. The Morgan fingerprint density at radius 3 is 2.81 bits per heavy atom. The van der Waals surface area contributed by atoms with Gasteiger partial charge in [-0.15, -0.1) is 0 Å². The Balaban J connectivity index is 1.49. The molecule has 0 saturated carbocycles. The van der Waals surface area contributed by atoms with Crippen molar-refractivity contribution in [2.45, 2.75) is 19.4 Å². The summed E-state index contributed by atoms with van der Waals surface area (Å²) in [6, 6.07) is 9.25. The number of carbonyl (C=O) groups is 1. The average Bonchev–Trinajstić information content (AvgIpc) is 3.29. The molecule has 26 heavy (non-hydrogen) atoms. The molecule has 0 spiro atoms. The molecule has 7 heteroatoms. The molecule has 1 amide bonds. The third kappa shape index (κ3) is 3.37. The monoisotopic (exact) mass is 388 g/mol. The van der Waals surface area contributed by atoms with E-state index >= 15 is 0 Å². The smallest absolute Gasteiger partial charge is 0.269 e. The van der Waals surface area contributed by atoms with Gasteiger partial charge in [-0.25, -0.2) is 4.98 Å². The Bertz CT molecular complexity index is 963. The molecule has 0 aliphatic carbocycles. The van der Waals surface area contributed by atoms with Gasteiger partial charge in [0.1, 0.15) is 11.5 Å². The van der Waals surface area contributed by atoms with Crippen LogP contribution in [0.1, 0.15) is 28.9 Å². The molecule has 1 fully saturated rings. The molecule has 0 atom stereocenters. The Kier molecular flexibility index (Phi) is 4.74. The van der Waals surface area contributed by atoms with Crippen molar-refractivity contribution in [1.82, 2.24) is 15.3 Å². The first-order chi connectivity index (χ1) is 12.6. The fourth-order valence-corrected chi connectivity index (χ4v) is 3.71. The molecule has 1 aliphatic heterocycles. The van der Waals surface area contributed by atoms with E-state index in [1.165, 1.54) is 12.8 Å². The number of rotatable bonds is 4. The molecule has 0 bridgehead atoms. The second kappa shape index (κ2) is 7.17. The van der Waals surface area contributed by atoms with E-state index in [0.29, 0.717) is 22.3 Å². The highest BCUT2D eigenvalue weighted by atomic mass is 35.5. The van der Waals surface area contributed by atoms with Crippen molar-refractivity contribution in [3.8, 4) is 0 Å². The fraction of sp³-hybridized carbons (Fsp3) is 0.263. The van der Waals surface area contributed by atoms with Crippen LogP contribution in [0.25, 0.3) is 10.9 Å². The van der Waals surface area contributed by atoms with Crippen molar-refractivity contribution in [3.05, 3.63) is 57.8 Å². The van der Waals surface area contributed by atoms with E-state index in [2.05, 4.69) is 20.2 Å². The first kappa shape index (κ1) is 17.2. The lowest BCUT2D eigenvalue weighted by Crippen LogP contribution is -2.24. The highest BCUT2D eigenvalue weighted by molar-refractivity contribution is 6.39. The molecule has 2 N–H and O–H groups in total. The minimum atomic E-state index is -0.248. The van der Waals surface area contributed by atoms with Crippen molar-refractivity contribution >= 4 is 45.8 Å². The van der Waals surface area contributed by atoms with Gasteiger partial charge in [0, 0.05) is 41.8 Å². The highest BCUT2D eigenvalue weighted by Crippen LogP contribution is 2.29. The van der Waals surface area contributed by atoms with Gasteiger partial charge in [-0.2, -0.15) is 0 Å². The number of amides is 1. The zero-order valence-electron chi connectivity index (χ0n) is 14.1. The molecule has 3 aromatic rings. The van der Waals surface area contributed by atoms with E-state index in [-0.39, 0.29) is 5.91 Å². The number of aromatic nitrogens is 2. The number of hydrogen-bond donors (Lipinski definition) is 2. The molecule has 1 saturated heterocycles. The number of benzene rings is 1. The van der Waals surface area contributed by atoms with E-state index in [1.807, 2.05) is 18.2 Å². The van der Waals surface area contributed by atoms with Gasteiger partial charge >= 0.3 is 0 Å². The summed E-state index contributed by atoms with van der Waals surface area (Å²) in [5.41, 5.74) is 2.13. The van der Waals surface area contributed by atoms with E-state index in [9.17, 15) is 4.79 Å². The second-order valence-electron chi connectivity index (χ2n) is 6.40. The molecule has 1 aromatic carbocycles. The molecule has 3 heterocycles. The third-order valence-corrected chi connectivity index (χ3v) is 5.25. The minimum absolute atomic E-state index is 0.248. The number of carbonyl (C=O) groups excluding carboxylic acids is 1. The maximum Gasteiger partial charge on any atom is 0.269 e. The SMILES string of the molecule is O=C(NCc1ccnc(N2CCCC2)c1)c1[nH]c2ccc(Cl)cc2c1Cl. The highest BCUT2D eigenvalue weighted by Gasteiger charge is 2.17. The van der Waals surface area contributed by atoms with Crippen molar-refractivity contribution in [3.63, 3.8) is 0 Å². The van der Waals surface area contributed by atoms with Gasteiger partial charge < -0.3 is 15.2 Å². The van der Waals surface area contributed by atoms with Crippen LogP contribution in [0.3, 0.4) is 0 Å². The van der Waals surface area contributed by atoms with Crippen LogP contribution >= 0.6 is 23.2 Å². The predicted molar refractivity (Wildman–Crippen MR) is 105 cm³/mol. The number of fused-ring (bicyclic) bond motifs is 1. The molecule has 0 radical (unpaired) electrons. The number of aromatic amines is 1. The zero-order chi connectivity index (χ0) is 18.1. The van der Waals surface area contributed by atoms with Crippen LogP contribution in [0, 0.1) is 0 Å². The largest absolute Gasteiger partial charge is 0.357 e. The number of pyridine rings is 1. The number of hydrogen-bond acceptors (Lipinski definition) is 3. The van der Waals surface area contributed by atoms with Gasteiger partial charge in [0.05, 0.1) is 5.02 Å². The van der Waals surface area contributed by atoms with Crippen molar-refractivity contribution in [1.29, 1.82) is 0 Å². The Morgan fingerprint density at radius 1 is 1.19 bits per heavy atom. The summed E-state index contributed by atoms with van der Waals surface area (Å²) in [6.07, 6.45) is 4.18. The second-order valence-corrected chi connectivity index (χ2v) is 7.22. The van der Waals surface area contributed by atoms with Crippen LogP contribution in [0.5, 0.6) is 0 Å². The van der Waals surface area contributed by atoms with Crippen LogP contribution in [0.15, 0.2) is 36.5 Å². The number of nitrogens with one attached hydrogen (secondary N) is 2. The van der Waals surface area contributed by atoms with E-state index < -0.39 is 0 Å². The number of nitrogens with zero attached hydrogens (tertiary/aromatic N) is 2. The zero-order valence-corrected chi connectivity index (χ0v) is 15.6. The van der Waals surface area contributed by atoms with E-state index in [4.69, 9.17) is 23.2 Å². The summed E-state index contributed by atoms with van der Waals surface area (Å²) in [5, 5.41) is 4.62. The maximum absolute atomic E-state index is 12.5. The number of halogens is 2. The van der Waals surface area contributed by atoms with Crippen molar-refractivity contribution in [2.75, 3.05) is 18.0 Å². The molecule has 134 valence electrons. The Hall–Kier alpha value is -2.24. The first-order valence-corrected chi connectivity index (χ1v) is 9.32. The lowest BCUT2D eigenvalue weighted by atomic mass is 10.2. The van der Waals surface area contributed by atoms with Gasteiger partial charge in [-0.1, -0.05) is 23.2 Å². The molecule has 4 rings (SSSR count). The number of anilines is 1. The van der Waals surface area contributed by atoms with Gasteiger partial charge in [0.25, 0.3) is 5.91 Å². The first-order valence-electron chi connectivity index (χ1n) is 8.56. The average molecular weight is 389 g/mol. The van der Waals surface area contributed by atoms with Crippen LogP contribution in [0.4, 0.5) is 5.82 Å². The molecule has 1 aliphatic rings. The minimum Gasteiger partial charge on any atom is -0.357 e. The van der Waals surface area contributed by atoms with Gasteiger partial charge in [-0.05, 0) is 48.7 Å². The summed E-state index contributed by atoms with van der Waals surface area (Å²) in [5.74, 6) is 0.717. The van der Waals surface area contributed by atoms with Crippen molar-refractivity contribution < 1.29 is 4.79 Å². The van der Waals surface area contributed by atoms with Crippen LogP contribution in [-0.4, -0.2) is 29.0 Å². The van der Waals surface area contributed by atoms with E-state index in [1.54, 1.807) is 18.3 Å². The maximum atomic E-state index is 12.5. The Morgan fingerprint density at radius 2 is 2.00 bits per heavy atom. The Labute approximate surface area is 161 Å². The van der Waals surface area contributed by atoms with Gasteiger partial charge in [0.2, 0.25) is 0 Å². The third-order valence-electron chi connectivity index (χ3n) is 4.62. The topological polar surface area (TPSA) is 61.0 Å². The summed E-state index contributed by atoms with van der Waals surface area (Å²) in [6.45, 7) is 2.49. The van der Waals surface area contributed by atoms with Crippen LogP contribution in [-0.2, 0) is 6.54 Å². The van der Waals surface area contributed by atoms with Crippen LogP contribution < -0.4 is 10.2 Å². The molecule has 5 nitrogen and oxygen atoms in total. The van der Waals surface area contributed by atoms with Crippen molar-refractivity contribution in [2.24, 2.45) is 0 Å². The molecule has 0 unspecified atom stereocenters. The standard InChI is InChI=1S/C19H18Cl2N4O/c20-13-3-4-15-14(10-13)17(21)18(24-15)19(26)23-11-12-5-6-22-16(9-12)25-7-1-2-8-25/h3-6,9-10,24H,1-2,7-8,11H2,(H,23,26). The normalized spacial score (nSPS) is 14.2. The summed E-state index contributed by atoms with van der Waals surface area (Å²) < 4.78 is 0.